The van der Waals surface area contributed by atoms with Crippen LogP contribution in [0.4, 0.5) is 0 Å². The second-order valence-electron chi connectivity index (χ2n) is 8.95. The fraction of sp³-hybridized carbons (Fsp3) is 0.522. The highest BCUT2D eigenvalue weighted by atomic mass is 35.5. The van der Waals surface area contributed by atoms with Gasteiger partial charge in [0.05, 0.1) is 17.9 Å². The van der Waals surface area contributed by atoms with Gasteiger partial charge in [0.1, 0.15) is 11.6 Å². The van der Waals surface area contributed by atoms with Gasteiger partial charge in [0.25, 0.3) is 0 Å². The van der Waals surface area contributed by atoms with Gasteiger partial charge in [-0.3, -0.25) is 4.57 Å². The van der Waals surface area contributed by atoms with Gasteiger partial charge in [0.15, 0.2) is 5.82 Å². The van der Waals surface area contributed by atoms with Crippen molar-refractivity contribution < 1.29 is 4.52 Å². The first-order valence-corrected chi connectivity index (χ1v) is 11.5. The topological polar surface area (TPSA) is 60.0 Å². The first-order chi connectivity index (χ1) is 14.8. The Balaban J connectivity index is 1.27. The molecule has 0 radical (unpaired) electrons. The first-order valence-electron chi connectivity index (χ1n) is 11.2. The van der Waals surface area contributed by atoms with E-state index in [0.717, 1.165) is 50.2 Å². The molecule has 6 nitrogen and oxygen atoms in total. The van der Waals surface area contributed by atoms with Gasteiger partial charge in [-0.05, 0) is 74.8 Å². The number of para-hydroxylation sites is 1. The van der Waals surface area contributed by atoms with Gasteiger partial charge < -0.3 is 4.52 Å². The molecule has 0 amide bonds. The molecule has 3 heterocycles. The molecule has 3 aromatic rings. The van der Waals surface area contributed by atoms with E-state index in [9.17, 15) is 0 Å². The molecular formula is C23H26ClN5O. The Morgan fingerprint density at radius 2 is 1.73 bits per heavy atom. The number of aryl methyl sites for hydroxylation is 1. The van der Waals surface area contributed by atoms with Crippen LogP contribution < -0.4 is 0 Å². The second kappa shape index (κ2) is 7.50. The molecule has 2 aliphatic carbocycles. The molecule has 7 heteroatoms. The highest BCUT2D eigenvalue weighted by Gasteiger charge is 2.33. The third-order valence-corrected chi connectivity index (χ3v) is 7.34. The minimum Gasteiger partial charge on any atom is -0.361 e. The summed E-state index contributed by atoms with van der Waals surface area (Å²) in [6.45, 7) is 1.31. The van der Waals surface area contributed by atoms with Gasteiger partial charge in [-0.2, -0.15) is 0 Å². The monoisotopic (exact) mass is 423 g/mol. The van der Waals surface area contributed by atoms with Gasteiger partial charge in [-0.1, -0.05) is 23.4 Å². The van der Waals surface area contributed by atoms with E-state index < -0.39 is 0 Å². The zero-order chi connectivity index (χ0) is 20.1. The molecular weight excluding hydrogens is 398 g/mol. The lowest BCUT2D eigenvalue weighted by molar-refractivity contribution is 0.300. The average molecular weight is 424 g/mol. The Morgan fingerprint density at radius 3 is 2.63 bits per heavy atom. The molecule has 3 aliphatic rings. The van der Waals surface area contributed by atoms with Gasteiger partial charge in [-0.25, -0.2) is 4.42 Å². The van der Waals surface area contributed by atoms with Crippen molar-refractivity contribution in [2.45, 2.75) is 76.3 Å². The molecule has 2 aromatic heterocycles. The van der Waals surface area contributed by atoms with E-state index in [0.29, 0.717) is 24.9 Å². The molecule has 0 N–H and O–H groups in total. The van der Waals surface area contributed by atoms with Crippen LogP contribution in [0, 0.1) is 0 Å². The van der Waals surface area contributed by atoms with Gasteiger partial charge in [0, 0.05) is 23.9 Å². The Hall–Kier alpha value is -2.18. The summed E-state index contributed by atoms with van der Waals surface area (Å²) in [6.07, 6.45) is 9.17. The molecule has 1 saturated carbocycles. The van der Waals surface area contributed by atoms with E-state index in [1.54, 1.807) is 4.42 Å². The summed E-state index contributed by atoms with van der Waals surface area (Å²) < 4.78 is 9.90. The number of aromatic nitrogens is 4. The summed E-state index contributed by atoms with van der Waals surface area (Å²) in [7, 11) is 0. The SMILES string of the molecule is ClN1Cc2ccccc2-n2c(nnc2C2CCC(c3onc4c3CCCC4)CC2)C1. The standard InChI is InChI=1S/C23H26ClN5O/c24-28-13-17-5-1-4-8-20(17)29-21(14-28)25-26-23(29)16-11-9-15(10-12-16)22-18-6-2-3-7-19(18)27-30-22/h1,4-5,8,15-16H,2-3,6-7,9-14H2. The summed E-state index contributed by atoms with van der Waals surface area (Å²) in [5.74, 6) is 4.09. The maximum atomic E-state index is 6.44. The van der Waals surface area contributed by atoms with Crippen LogP contribution in [0.5, 0.6) is 0 Å². The quantitative estimate of drug-likeness (QED) is 0.540. The minimum atomic E-state index is 0.413. The lowest BCUT2D eigenvalue weighted by Gasteiger charge is -2.28. The number of fused-ring (bicyclic) bond motifs is 4. The predicted molar refractivity (Wildman–Crippen MR) is 114 cm³/mol. The maximum Gasteiger partial charge on any atom is 0.153 e. The van der Waals surface area contributed by atoms with E-state index in [4.69, 9.17) is 16.3 Å². The largest absolute Gasteiger partial charge is 0.361 e. The van der Waals surface area contributed by atoms with Crippen LogP contribution in [0.15, 0.2) is 28.8 Å². The van der Waals surface area contributed by atoms with Crippen LogP contribution in [0.1, 0.15) is 84.6 Å². The van der Waals surface area contributed by atoms with Crippen molar-refractivity contribution in [3.05, 3.63) is 58.5 Å². The van der Waals surface area contributed by atoms with Crippen molar-refractivity contribution in [1.82, 2.24) is 24.3 Å². The van der Waals surface area contributed by atoms with Gasteiger partial charge in [0.2, 0.25) is 0 Å². The van der Waals surface area contributed by atoms with Gasteiger partial charge >= 0.3 is 0 Å². The third-order valence-electron chi connectivity index (χ3n) is 7.10. The number of hydrogen-bond donors (Lipinski definition) is 0. The number of hydrogen-bond acceptors (Lipinski definition) is 5. The smallest absolute Gasteiger partial charge is 0.153 e. The Morgan fingerprint density at radius 1 is 0.933 bits per heavy atom. The molecule has 30 heavy (non-hydrogen) atoms. The molecule has 0 spiro atoms. The van der Waals surface area contributed by atoms with Crippen molar-refractivity contribution in [1.29, 1.82) is 0 Å². The Bertz CT molecular complexity index is 1070. The lowest BCUT2D eigenvalue weighted by atomic mass is 9.78. The number of rotatable bonds is 2. The van der Waals surface area contributed by atoms with Crippen LogP contribution >= 0.6 is 11.8 Å². The fourth-order valence-electron chi connectivity index (χ4n) is 5.57. The van der Waals surface area contributed by atoms with Crippen LogP contribution in [-0.4, -0.2) is 24.3 Å². The Kier molecular flexibility index (Phi) is 4.65. The molecule has 1 aromatic carbocycles. The van der Waals surface area contributed by atoms with Crippen LogP contribution in [0.2, 0.25) is 0 Å². The maximum absolute atomic E-state index is 6.44. The van der Waals surface area contributed by atoms with E-state index in [1.807, 2.05) is 0 Å². The highest BCUT2D eigenvalue weighted by molar-refractivity contribution is 6.13. The lowest BCUT2D eigenvalue weighted by Crippen LogP contribution is -2.17. The van der Waals surface area contributed by atoms with Crippen molar-refractivity contribution in [2.24, 2.45) is 0 Å². The van der Waals surface area contributed by atoms with Crippen molar-refractivity contribution in [3.63, 3.8) is 0 Å². The zero-order valence-electron chi connectivity index (χ0n) is 17.1. The number of benzene rings is 1. The summed E-state index contributed by atoms with van der Waals surface area (Å²) in [4.78, 5) is 0. The van der Waals surface area contributed by atoms with Crippen molar-refractivity contribution >= 4 is 11.8 Å². The van der Waals surface area contributed by atoms with E-state index in [2.05, 4.69) is 44.2 Å². The number of halogens is 1. The summed E-state index contributed by atoms with van der Waals surface area (Å²) in [6, 6.07) is 8.46. The molecule has 156 valence electrons. The highest BCUT2D eigenvalue weighted by Crippen LogP contribution is 2.43. The Labute approximate surface area is 181 Å². The average Bonchev–Trinajstić information content (AvgIpc) is 3.35. The zero-order valence-corrected chi connectivity index (χ0v) is 17.8. The fourth-order valence-corrected chi connectivity index (χ4v) is 5.80. The molecule has 0 bridgehead atoms. The molecule has 0 atom stereocenters. The third kappa shape index (κ3) is 3.08. The van der Waals surface area contributed by atoms with Crippen molar-refractivity contribution in [3.8, 4) is 5.69 Å². The normalized spacial score (nSPS) is 24.0. The molecule has 1 aliphatic heterocycles. The summed E-state index contributed by atoms with van der Waals surface area (Å²) in [5.41, 5.74) is 5.01. The van der Waals surface area contributed by atoms with E-state index in [1.165, 1.54) is 41.1 Å². The predicted octanol–water partition coefficient (Wildman–Crippen LogP) is 5.04. The summed E-state index contributed by atoms with van der Waals surface area (Å²) in [5, 5.41) is 13.6. The summed E-state index contributed by atoms with van der Waals surface area (Å²) >= 11 is 6.44. The van der Waals surface area contributed by atoms with Crippen LogP contribution in [0.3, 0.4) is 0 Å². The number of nitrogens with zero attached hydrogens (tertiary/aromatic N) is 5. The van der Waals surface area contributed by atoms with Crippen molar-refractivity contribution in [2.75, 3.05) is 0 Å². The van der Waals surface area contributed by atoms with Crippen LogP contribution in [-0.2, 0) is 25.9 Å². The van der Waals surface area contributed by atoms with E-state index in [-0.39, 0.29) is 0 Å². The molecule has 0 saturated heterocycles. The minimum absolute atomic E-state index is 0.413. The molecule has 6 rings (SSSR count). The van der Waals surface area contributed by atoms with Gasteiger partial charge in [-0.15, -0.1) is 10.2 Å². The molecule has 0 unspecified atom stereocenters. The van der Waals surface area contributed by atoms with E-state index >= 15 is 0 Å². The second-order valence-corrected chi connectivity index (χ2v) is 9.42. The van der Waals surface area contributed by atoms with Crippen LogP contribution in [0.25, 0.3) is 5.69 Å². The first kappa shape index (κ1) is 18.6. The molecule has 1 fully saturated rings.